The second kappa shape index (κ2) is 5.16. The van der Waals surface area contributed by atoms with E-state index in [4.69, 9.17) is 10.7 Å². The average Bonchev–Trinajstić information content (AvgIpc) is 2.72. The number of hydrogen-bond donors (Lipinski definition) is 1. The Morgan fingerprint density at radius 1 is 1.30 bits per heavy atom. The predicted molar refractivity (Wildman–Crippen MR) is 84.4 cm³/mol. The van der Waals surface area contributed by atoms with E-state index in [2.05, 4.69) is 53.7 Å². The normalized spacial score (nSPS) is 11.9. The first-order valence-corrected chi connectivity index (χ1v) is 7.39. The molecular weight excluding hydrogens is 318 g/mol. The number of anilines is 1. The molecule has 0 spiro atoms. The Balaban J connectivity index is 2.67. The van der Waals surface area contributed by atoms with Gasteiger partial charge in [-0.15, -0.1) is 0 Å². The highest BCUT2D eigenvalue weighted by molar-refractivity contribution is 9.10. The summed E-state index contributed by atoms with van der Waals surface area (Å²) < 4.78 is 2.56. The second-order valence-electron chi connectivity index (χ2n) is 5.86. The molecule has 2 rings (SSSR count). The van der Waals surface area contributed by atoms with Gasteiger partial charge in [-0.3, -0.25) is 4.68 Å². The molecule has 20 heavy (non-hydrogen) atoms. The Labute approximate surface area is 127 Å². The SMILES string of the molecule is CCc1nn(C)cc1-c1nc(N)c(Br)c(C(C)(C)C)n1. The van der Waals surface area contributed by atoms with Gasteiger partial charge in [0.25, 0.3) is 0 Å². The Hall–Kier alpha value is -1.43. The van der Waals surface area contributed by atoms with E-state index in [1.54, 1.807) is 4.68 Å². The number of aromatic nitrogens is 4. The highest BCUT2D eigenvalue weighted by Crippen LogP contribution is 2.33. The fraction of sp³-hybridized carbons (Fsp3) is 0.500. The molecule has 0 aliphatic carbocycles. The third-order valence-corrected chi connectivity index (χ3v) is 3.85. The molecule has 0 amide bonds. The van der Waals surface area contributed by atoms with E-state index in [1.165, 1.54) is 0 Å². The van der Waals surface area contributed by atoms with Crippen LogP contribution in [0.4, 0.5) is 5.82 Å². The predicted octanol–water partition coefficient (Wildman–Crippen LogP) is 3.08. The number of nitrogens with two attached hydrogens (primary N) is 1. The number of nitrogen functional groups attached to an aromatic ring is 1. The van der Waals surface area contributed by atoms with Crippen LogP contribution in [0.15, 0.2) is 10.7 Å². The van der Waals surface area contributed by atoms with Gasteiger partial charge in [-0.05, 0) is 22.4 Å². The molecular formula is C14H20BrN5. The molecule has 2 aromatic heterocycles. The highest BCUT2D eigenvalue weighted by Gasteiger charge is 2.23. The lowest BCUT2D eigenvalue weighted by molar-refractivity contribution is 0.564. The highest BCUT2D eigenvalue weighted by atomic mass is 79.9. The van der Waals surface area contributed by atoms with Crippen molar-refractivity contribution in [3.05, 3.63) is 22.1 Å². The summed E-state index contributed by atoms with van der Waals surface area (Å²) in [6, 6.07) is 0. The summed E-state index contributed by atoms with van der Waals surface area (Å²) >= 11 is 3.49. The quantitative estimate of drug-likeness (QED) is 0.914. The third kappa shape index (κ3) is 2.70. The van der Waals surface area contributed by atoms with Gasteiger partial charge >= 0.3 is 0 Å². The van der Waals surface area contributed by atoms with Crippen molar-refractivity contribution in [2.45, 2.75) is 39.5 Å². The van der Waals surface area contributed by atoms with E-state index in [1.807, 2.05) is 13.2 Å². The Morgan fingerprint density at radius 3 is 2.50 bits per heavy atom. The van der Waals surface area contributed by atoms with Crippen molar-refractivity contribution in [3.63, 3.8) is 0 Å². The maximum Gasteiger partial charge on any atom is 0.165 e. The van der Waals surface area contributed by atoms with E-state index in [9.17, 15) is 0 Å². The van der Waals surface area contributed by atoms with E-state index in [0.717, 1.165) is 27.8 Å². The molecule has 0 saturated carbocycles. The lowest BCUT2D eigenvalue weighted by Gasteiger charge is -2.20. The molecule has 0 aromatic carbocycles. The first kappa shape index (κ1) is 15.0. The number of rotatable bonds is 2. The molecule has 0 saturated heterocycles. The van der Waals surface area contributed by atoms with E-state index in [0.29, 0.717) is 11.6 Å². The zero-order valence-electron chi connectivity index (χ0n) is 12.5. The van der Waals surface area contributed by atoms with Crippen molar-refractivity contribution in [3.8, 4) is 11.4 Å². The number of hydrogen-bond acceptors (Lipinski definition) is 4. The molecule has 5 nitrogen and oxygen atoms in total. The van der Waals surface area contributed by atoms with Crippen molar-refractivity contribution >= 4 is 21.7 Å². The molecule has 0 radical (unpaired) electrons. The summed E-state index contributed by atoms with van der Waals surface area (Å²) in [7, 11) is 1.90. The van der Waals surface area contributed by atoms with Crippen LogP contribution in [-0.2, 0) is 18.9 Å². The Kier molecular flexibility index (Phi) is 3.86. The van der Waals surface area contributed by atoms with Crippen LogP contribution in [0.3, 0.4) is 0 Å². The van der Waals surface area contributed by atoms with Gasteiger partial charge in [0.2, 0.25) is 0 Å². The van der Waals surface area contributed by atoms with Crippen LogP contribution < -0.4 is 5.73 Å². The zero-order chi connectivity index (χ0) is 15.1. The fourth-order valence-corrected chi connectivity index (χ4v) is 2.84. The van der Waals surface area contributed by atoms with Gasteiger partial charge in [-0.1, -0.05) is 27.7 Å². The van der Waals surface area contributed by atoms with Crippen molar-refractivity contribution in [2.75, 3.05) is 5.73 Å². The second-order valence-corrected chi connectivity index (χ2v) is 6.65. The largest absolute Gasteiger partial charge is 0.383 e. The van der Waals surface area contributed by atoms with Crippen LogP contribution in [0, 0.1) is 0 Å². The van der Waals surface area contributed by atoms with Gasteiger partial charge in [0.1, 0.15) is 5.82 Å². The van der Waals surface area contributed by atoms with Crippen molar-refractivity contribution < 1.29 is 0 Å². The molecule has 0 aliphatic heterocycles. The van der Waals surface area contributed by atoms with Crippen LogP contribution >= 0.6 is 15.9 Å². The van der Waals surface area contributed by atoms with Crippen LogP contribution in [0.5, 0.6) is 0 Å². The van der Waals surface area contributed by atoms with E-state index in [-0.39, 0.29) is 5.41 Å². The maximum absolute atomic E-state index is 6.03. The number of aryl methyl sites for hydroxylation is 2. The van der Waals surface area contributed by atoms with E-state index >= 15 is 0 Å². The summed E-state index contributed by atoms with van der Waals surface area (Å²) in [5, 5.41) is 4.43. The molecule has 6 heteroatoms. The maximum atomic E-state index is 6.03. The molecule has 0 fully saturated rings. The lowest BCUT2D eigenvalue weighted by Crippen LogP contribution is -2.17. The van der Waals surface area contributed by atoms with Crippen molar-refractivity contribution in [2.24, 2.45) is 7.05 Å². The van der Waals surface area contributed by atoms with E-state index < -0.39 is 0 Å². The van der Waals surface area contributed by atoms with Crippen LogP contribution in [0.2, 0.25) is 0 Å². The van der Waals surface area contributed by atoms with Gasteiger partial charge in [0.15, 0.2) is 5.82 Å². The summed E-state index contributed by atoms with van der Waals surface area (Å²) in [4.78, 5) is 9.11. The minimum atomic E-state index is -0.112. The Bertz CT molecular complexity index is 640. The molecule has 2 heterocycles. The van der Waals surface area contributed by atoms with Crippen molar-refractivity contribution in [1.29, 1.82) is 0 Å². The molecule has 0 aliphatic rings. The fourth-order valence-electron chi connectivity index (χ4n) is 2.06. The molecule has 2 aromatic rings. The molecule has 2 N–H and O–H groups in total. The summed E-state index contributed by atoms with van der Waals surface area (Å²) in [6.07, 6.45) is 2.77. The Morgan fingerprint density at radius 2 is 1.95 bits per heavy atom. The minimum Gasteiger partial charge on any atom is -0.383 e. The van der Waals surface area contributed by atoms with Gasteiger partial charge < -0.3 is 5.73 Å². The zero-order valence-corrected chi connectivity index (χ0v) is 14.1. The van der Waals surface area contributed by atoms with Crippen LogP contribution in [-0.4, -0.2) is 19.7 Å². The van der Waals surface area contributed by atoms with Crippen LogP contribution in [0.25, 0.3) is 11.4 Å². The first-order valence-electron chi connectivity index (χ1n) is 6.60. The van der Waals surface area contributed by atoms with Gasteiger partial charge in [0.05, 0.1) is 21.4 Å². The first-order chi connectivity index (χ1) is 9.24. The standard InChI is InChI=1S/C14H20BrN5/c1-6-9-8(7-20(5)19-9)13-17-11(14(2,3)4)10(15)12(16)18-13/h7H,6H2,1-5H3,(H2,16,17,18). The van der Waals surface area contributed by atoms with Crippen LogP contribution in [0.1, 0.15) is 39.1 Å². The van der Waals surface area contributed by atoms with Crippen molar-refractivity contribution in [1.82, 2.24) is 19.7 Å². The molecule has 0 atom stereocenters. The molecule has 0 bridgehead atoms. The lowest BCUT2D eigenvalue weighted by atomic mass is 9.91. The van der Waals surface area contributed by atoms with Gasteiger partial charge in [0, 0.05) is 18.7 Å². The topological polar surface area (TPSA) is 69.6 Å². The monoisotopic (exact) mass is 337 g/mol. The van der Waals surface area contributed by atoms with Gasteiger partial charge in [-0.25, -0.2) is 9.97 Å². The molecule has 108 valence electrons. The summed E-state index contributed by atoms with van der Waals surface area (Å²) in [5.41, 5.74) is 8.75. The molecule has 0 unspecified atom stereocenters. The number of halogens is 1. The summed E-state index contributed by atoms with van der Waals surface area (Å²) in [6.45, 7) is 8.38. The van der Waals surface area contributed by atoms with Gasteiger partial charge in [-0.2, -0.15) is 5.10 Å². The average molecular weight is 338 g/mol. The summed E-state index contributed by atoms with van der Waals surface area (Å²) in [5.74, 6) is 1.10. The minimum absolute atomic E-state index is 0.112. The number of nitrogens with zero attached hydrogens (tertiary/aromatic N) is 4. The third-order valence-electron chi connectivity index (χ3n) is 3.07. The smallest absolute Gasteiger partial charge is 0.165 e.